The number of hydrogen-bond donors (Lipinski definition) is 2. The highest BCUT2D eigenvalue weighted by Crippen LogP contribution is 2.38. The lowest BCUT2D eigenvalue weighted by molar-refractivity contribution is -0.126. The van der Waals surface area contributed by atoms with E-state index in [4.69, 9.17) is 0 Å². The predicted molar refractivity (Wildman–Crippen MR) is 85.4 cm³/mol. The Morgan fingerprint density at radius 2 is 2.05 bits per heavy atom. The van der Waals surface area contributed by atoms with Crippen molar-refractivity contribution in [2.45, 2.75) is 42.5 Å². The van der Waals surface area contributed by atoms with Gasteiger partial charge in [0.25, 0.3) is 0 Å². The number of amides is 1. The van der Waals surface area contributed by atoms with Gasteiger partial charge in [-0.2, -0.15) is 0 Å². The van der Waals surface area contributed by atoms with Gasteiger partial charge in [-0.15, -0.1) is 0 Å². The third-order valence-electron chi connectivity index (χ3n) is 4.85. The monoisotopic (exact) mass is 347 g/mol. The molecule has 1 aliphatic carbocycles. The van der Waals surface area contributed by atoms with Crippen LogP contribution in [0.3, 0.4) is 0 Å². The van der Waals surface area contributed by atoms with Crippen LogP contribution in [-0.2, 0) is 4.79 Å². The van der Waals surface area contributed by atoms with E-state index in [1.165, 1.54) is 12.8 Å². The molecule has 1 amide bonds. The molecule has 1 saturated heterocycles. The van der Waals surface area contributed by atoms with Crippen molar-refractivity contribution in [1.29, 1.82) is 0 Å². The SMILES string of the molecule is O=C1NC2CC(Br)CCC2CC1c1nc2ccccc2[nH]1. The second-order valence-corrected chi connectivity index (χ2v) is 7.51. The van der Waals surface area contributed by atoms with E-state index in [0.717, 1.165) is 29.7 Å². The van der Waals surface area contributed by atoms with Crippen molar-refractivity contribution in [2.75, 3.05) is 0 Å². The maximum atomic E-state index is 12.4. The van der Waals surface area contributed by atoms with Gasteiger partial charge in [-0.25, -0.2) is 4.98 Å². The van der Waals surface area contributed by atoms with Crippen molar-refractivity contribution >= 4 is 32.9 Å². The summed E-state index contributed by atoms with van der Waals surface area (Å²) in [6, 6.07) is 8.27. The molecule has 2 aromatic rings. The molecule has 21 heavy (non-hydrogen) atoms. The van der Waals surface area contributed by atoms with Gasteiger partial charge in [-0.3, -0.25) is 4.79 Å². The largest absolute Gasteiger partial charge is 0.352 e. The number of nitrogens with one attached hydrogen (secondary N) is 2. The van der Waals surface area contributed by atoms with Crippen LogP contribution >= 0.6 is 15.9 Å². The fourth-order valence-corrected chi connectivity index (χ4v) is 4.37. The van der Waals surface area contributed by atoms with Gasteiger partial charge in [-0.05, 0) is 43.7 Å². The van der Waals surface area contributed by atoms with Gasteiger partial charge < -0.3 is 10.3 Å². The maximum Gasteiger partial charge on any atom is 0.230 e. The van der Waals surface area contributed by atoms with Crippen LogP contribution in [0.4, 0.5) is 0 Å². The number of halogens is 1. The lowest BCUT2D eigenvalue weighted by Gasteiger charge is -2.40. The highest BCUT2D eigenvalue weighted by molar-refractivity contribution is 9.09. The number of benzene rings is 1. The maximum absolute atomic E-state index is 12.4. The first-order valence-electron chi connectivity index (χ1n) is 7.60. The number of para-hydroxylation sites is 2. The van der Waals surface area contributed by atoms with Gasteiger partial charge in [0.2, 0.25) is 5.91 Å². The first kappa shape index (κ1) is 13.3. The zero-order valence-corrected chi connectivity index (χ0v) is 13.3. The second-order valence-electron chi connectivity index (χ2n) is 6.21. The predicted octanol–water partition coefficient (Wildman–Crippen LogP) is 3.10. The van der Waals surface area contributed by atoms with E-state index < -0.39 is 0 Å². The Kier molecular flexibility index (Phi) is 3.25. The Balaban J connectivity index is 1.61. The van der Waals surface area contributed by atoms with Crippen molar-refractivity contribution in [2.24, 2.45) is 5.92 Å². The van der Waals surface area contributed by atoms with E-state index >= 15 is 0 Å². The molecule has 4 atom stereocenters. The van der Waals surface area contributed by atoms with Gasteiger partial charge in [0.05, 0.1) is 17.0 Å². The molecule has 1 aromatic heterocycles. The Bertz CT molecular complexity index is 650. The molecule has 2 aliphatic rings. The average molecular weight is 348 g/mol. The smallest absolute Gasteiger partial charge is 0.230 e. The zero-order chi connectivity index (χ0) is 14.4. The molecular weight excluding hydrogens is 330 g/mol. The number of fused-ring (bicyclic) bond motifs is 2. The molecule has 1 aliphatic heterocycles. The van der Waals surface area contributed by atoms with Gasteiger partial charge in [0.1, 0.15) is 5.82 Å². The number of piperidine rings is 1. The van der Waals surface area contributed by atoms with Gasteiger partial charge in [-0.1, -0.05) is 28.1 Å². The summed E-state index contributed by atoms with van der Waals surface area (Å²) in [5.41, 5.74) is 1.94. The number of rotatable bonds is 1. The lowest BCUT2D eigenvalue weighted by Crippen LogP contribution is -2.51. The molecule has 0 radical (unpaired) electrons. The Labute approximate surface area is 131 Å². The topological polar surface area (TPSA) is 57.8 Å². The summed E-state index contributed by atoms with van der Waals surface area (Å²) in [4.78, 5) is 20.9. The fraction of sp³-hybridized carbons (Fsp3) is 0.500. The van der Waals surface area contributed by atoms with E-state index in [9.17, 15) is 4.79 Å². The van der Waals surface area contributed by atoms with Crippen molar-refractivity contribution < 1.29 is 4.79 Å². The van der Waals surface area contributed by atoms with Gasteiger partial charge in [0, 0.05) is 10.9 Å². The number of hydrogen-bond acceptors (Lipinski definition) is 2. The molecule has 2 fully saturated rings. The lowest BCUT2D eigenvalue weighted by atomic mass is 9.75. The van der Waals surface area contributed by atoms with Crippen LogP contribution in [0.1, 0.15) is 37.4 Å². The first-order chi connectivity index (χ1) is 10.2. The molecule has 0 bridgehead atoms. The Morgan fingerprint density at radius 1 is 1.19 bits per heavy atom. The second kappa shape index (κ2) is 5.13. The van der Waals surface area contributed by atoms with Crippen LogP contribution in [0.25, 0.3) is 11.0 Å². The van der Waals surface area contributed by atoms with Crippen molar-refractivity contribution in [3.63, 3.8) is 0 Å². The first-order valence-corrected chi connectivity index (χ1v) is 8.51. The van der Waals surface area contributed by atoms with Crippen molar-refractivity contribution in [1.82, 2.24) is 15.3 Å². The molecule has 2 N–H and O–H groups in total. The molecule has 0 spiro atoms. The molecule has 1 saturated carbocycles. The van der Waals surface area contributed by atoms with Crippen LogP contribution in [0, 0.1) is 5.92 Å². The average Bonchev–Trinajstić information content (AvgIpc) is 2.90. The van der Waals surface area contributed by atoms with E-state index in [1.54, 1.807) is 0 Å². The van der Waals surface area contributed by atoms with Gasteiger partial charge in [0.15, 0.2) is 0 Å². The van der Waals surface area contributed by atoms with Crippen LogP contribution in [0.2, 0.25) is 0 Å². The van der Waals surface area contributed by atoms with Crippen molar-refractivity contribution in [3.8, 4) is 0 Å². The number of alkyl halides is 1. The number of H-pyrrole nitrogens is 1. The minimum atomic E-state index is -0.134. The highest BCUT2D eigenvalue weighted by Gasteiger charge is 2.40. The van der Waals surface area contributed by atoms with E-state index in [2.05, 4.69) is 31.2 Å². The highest BCUT2D eigenvalue weighted by atomic mass is 79.9. The summed E-state index contributed by atoms with van der Waals surface area (Å²) < 4.78 is 0. The molecule has 4 nitrogen and oxygen atoms in total. The normalized spacial score (nSPS) is 32.7. The molecule has 4 rings (SSSR count). The van der Waals surface area contributed by atoms with Crippen molar-refractivity contribution in [3.05, 3.63) is 30.1 Å². The molecular formula is C16H18BrN3O. The summed E-state index contributed by atoms with van der Waals surface area (Å²) in [6.45, 7) is 0. The number of carbonyl (C=O) groups excluding carboxylic acids is 1. The van der Waals surface area contributed by atoms with Crippen LogP contribution < -0.4 is 5.32 Å². The van der Waals surface area contributed by atoms with Crippen LogP contribution in [0.5, 0.6) is 0 Å². The van der Waals surface area contributed by atoms with E-state index in [1.807, 2.05) is 24.3 Å². The number of nitrogens with zero attached hydrogens (tertiary/aromatic N) is 1. The number of carbonyl (C=O) groups is 1. The molecule has 110 valence electrons. The minimum absolute atomic E-state index is 0.122. The Hall–Kier alpha value is -1.36. The number of aromatic amines is 1. The zero-order valence-electron chi connectivity index (χ0n) is 11.7. The summed E-state index contributed by atoms with van der Waals surface area (Å²) in [5, 5.41) is 3.21. The quantitative estimate of drug-likeness (QED) is 0.778. The number of aromatic nitrogens is 2. The van der Waals surface area contributed by atoms with Crippen LogP contribution in [0.15, 0.2) is 24.3 Å². The Morgan fingerprint density at radius 3 is 2.90 bits per heavy atom. The minimum Gasteiger partial charge on any atom is -0.352 e. The molecule has 2 heterocycles. The van der Waals surface area contributed by atoms with Crippen LogP contribution in [-0.4, -0.2) is 26.7 Å². The van der Waals surface area contributed by atoms with E-state index in [-0.39, 0.29) is 11.8 Å². The molecule has 1 aromatic carbocycles. The molecule has 5 heteroatoms. The standard InChI is InChI=1S/C16H18BrN3O/c17-10-6-5-9-7-11(16(21)20-14(9)8-10)15-18-12-3-1-2-4-13(12)19-15/h1-4,9-11,14H,5-8H2,(H,18,19)(H,20,21). The third-order valence-corrected chi connectivity index (χ3v) is 5.68. The third kappa shape index (κ3) is 2.37. The summed E-state index contributed by atoms with van der Waals surface area (Å²) >= 11 is 3.68. The fourth-order valence-electron chi connectivity index (χ4n) is 3.71. The number of imidazole rings is 1. The van der Waals surface area contributed by atoms with E-state index in [0.29, 0.717) is 16.8 Å². The van der Waals surface area contributed by atoms with Gasteiger partial charge >= 0.3 is 0 Å². The summed E-state index contributed by atoms with van der Waals surface area (Å²) in [5.74, 6) is 1.38. The summed E-state index contributed by atoms with van der Waals surface area (Å²) in [7, 11) is 0. The summed E-state index contributed by atoms with van der Waals surface area (Å²) in [6.07, 6.45) is 4.33. The molecule has 4 unspecified atom stereocenters.